The number of hydrogen-bond donors (Lipinski definition) is 1. The van der Waals surface area contributed by atoms with Gasteiger partial charge in [0.25, 0.3) is 0 Å². The van der Waals surface area contributed by atoms with Gasteiger partial charge in [-0.2, -0.15) is 8.78 Å². The molecule has 0 heterocycles. The van der Waals surface area contributed by atoms with Gasteiger partial charge in [0, 0.05) is 31.7 Å². The maximum Gasteiger partial charge on any atom is 0.387 e. The van der Waals surface area contributed by atoms with E-state index in [0.29, 0.717) is 19.4 Å². The molecule has 0 aliphatic heterocycles. The Bertz CT molecular complexity index is 678. The smallest absolute Gasteiger partial charge is 0.387 e. The number of hydrogen-bond acceptors (Lipinski definition) is 3. The standard InChI is InChI=1S/C20H24F2N2O2/c1-15(24(2)17-6-4-3-5-7-17)14-23-19(25)13-10-16-8-11-18(12-9-16)26-20(21)22/h3-9,11-12,15,20H,10,13-14H2,1-2H3,(H,23,25). The maximum atomic E-state index is 12.1. The minimum Gasteiger partial charge on any atom is -0.435 e. The van der Waals surface area contributed by atoms with Crippen molar-refractivity contribution in [2.24, 2.45) is 0 Å². The van der Waals surface area contributed by atoms with Crippen LogP contribution < -0.4 is 15.0 Å². The first-order valence-electron chi connectivity index (χ1n) is 8.54. The predicted octanol–water partition coefficient (Wildman–Crippen LogP) is 3.86. The number of benzene rings is 2. The minimum atomic E-state index is -2.83. The summed E-state index contributed by atoms with van der Waals surface area (Å²) in [5.74, 6) is 0.0807. The van der Waals surface area contributed by atoms with Crippen molar-refractivity contribution in [2.75, 3.05) is 18.5 Å². The van der Waals surface area contributed by atoms with Gasteiger partial charge in [0.1, 0.15) is 5.75 Å². The van der Waals surface area contributed by atoms with E-state index in [2.05, 4.69) is 21.9 Å². The molecule has 0 saturated carbocycles. The fourth-order valence-corrected chi connectivity index (χ4v) is 2.50. The molecule has 1 unspecified atom stereocenters. The number of nitrogens with one attached hydrogen (secondary N) is 1. The Kier molecular flexibility index (Phi) is 7.38. The number of halogens is 2. The van der Waals surface area contributed by atoms with Gasteiger partial charge < -0.3 is 15.0 Å². The zero-order valence-corrected chi connectivity index (χ0v) is 15.0. The van der Waals surface area contributed by atoms with Gasteiger partial charge in [-0.3, -0.25) is 4.79 Å². The molecule has 4 nitrogen and oxygen atoms in total. The number of likely N-dealkylation sites (N-methyl/N-ethyl adjacent to an activating group) is 1. The number of rotatable bonds is 9. The summed E-state index contributed by atoms with van der Waals surface area (Å²) in [4.78, 5) is 14.2. The fourth-order valence-electron chi connectivity index (χ4n) is 2.50. The first-order valence-corrected chi connectivity index (χ1v) is 8.54. The highest BCUT2D eigenvalue weighted by molar-refractivity contribution is 5.76. The van der Waals surface area contributed by atoms with Crippen molar-refractivity contribution >= 4 is 11.6 Å². The van der Waals surface area contributed by atoms with E-state index in [1.807, 2.05) is 37.4 Å². The SMILES string of the molecule is CC(CNC(=O)CCc1ccc(OC(F)F)cc1)N(C)c1ccccc1. The first-order chi connectivity index (χ1) is 12.5. The van der Waals surface area contributed by atoms with Gasteiger partial charge >= 0.3 is 6.61 Å². The lowest BCUT2D eigenvalue weighted by Crippen LogP contribution is -2.40. The summed E-state index contributed by atoms with van der Waals surface area (Å²) in [6.07, 6.45) is 0.889. The van der Waals surface area contributed by atoms with Crippen LogP contribution in [0.15, 0.2) is 54.6 Å². The molecular formula is C20H24F2N2O2. The lowest BCUT2D eigenvalue weighted by Gasteiger charge is -2.27. The van der Waals surface area contributed by atoms with E-state index in [1.165, 1.54) is 12.1 Å². The second-order valence-electron chi connectivity index (χ2n) is 6.12. The van der Waals surface area contributed by atoms with Gasteiger partial charge in [0.15, 0.2) is 0 Å². The number of amides is 1. The Hall–Kier alpha value is -2.63. The van der Waals surface area contributed by atoms with Crippen LogP contribution in [-0.4, -0.2) is 32.2 Å². The summed E-state index contributed by atoms with van der Waals surface area (Å²) in [5, 5.41) is 2.94. The van der Waals surface area contributed by atoms with Gasteiger partial charge in [-0.15, -0.1) is 0 Å². The monoisotopic (exact) mass is 362 g/mol. The van der Waals surface area contributed by atoms with Crippen molar-refractivity contribution in [3.63, 3.8) is 0 Å². The Morgan fingerprint density at radius 1 is 1.12 bits per heavy atom. The van der Waals surface area contributed by atoms with Crippen molar-refractivity contribution in [3.8, 4) is 5.75 Å². The second kappa shape index (κ2) is 9.75. The average molecular weight is 362 g/mol. The molecule has 2 aromatic rings. The molecule has 2 aromatic carbocycles. The molecule has 1 N–H and O–H groups in total. The average Bonchev–Trinajstić information content (AvgIpc) is 2.65. The molecule has 140 valence electrons. The first kappa shape index (κ1) is 19.7. The quantitative estimate of drug-likeness (QED) is 0.736. The van der Waals surface area contributed by atoms with Crippen LogP contribution in [0.1, 0.15) is 18.9 Å². The third-order valence-corrected chi connectivity index (χ3v) is 4.21. The Morgan fingerprint density at radius 3 is 2.38 bits per heavy atom. The van der Waals surface area contributed by atoms with Gasteiger partial charge in [0.2, 0.25) is 5.91 Å². The fraction of sp³-hybridized carbons (Fsp3) is 0.350. The van der Waals surface area contributed by atoms with Gasteiger partial charge in [-0.05, 0) is 43.2 Å². The third kappa shape index (κ3) is 6.35. The number of anilines is 1. The molecule has 0 saturated heterocycles. The highest BCUT2D eigenvalue weighted by Crippen LogP contribution is 2.16. The molecule has 26 heavy (non-hydrogen) atoms. The van der Waals surface area contributed by atoms with Crippen LogP contribution >= 0.6 is 0 Å². The van der Waals surface area contributed by atoms with Crippen molar-refractivity contribution in [2.45, 2.75) is 32.4 Å². The van der Waals surface area contributed by atoms with Crippen LogP contribution in [0.5, 0.6) is 5.75 Å². The van der Waals surface area contributed by atoms with Crippen LogP contribution in [0.25, 0.3) is 0 Å². The Balaban J connectivity index is 1.73. The molecule has 0 aromatic heterocycles. The lowest BCUT2D eigenvalue weighted by atomic mass is 10.1. The molecule has 0 bridgehead atoms. The molecule has 0 radical (unpaired) electrons. The summed E-state index contributed by atoms with van der Waals surface area (Å²) in [5.41, 5.74) is 2.00. The molecular weight excluding hydrogens is 338 g/mol. The molecule has 0 aliphatic carbocycles. The molecule has 1 amide bonds. The van der Waals surface area contributed by atoms with Crippen molar-refractivity contribution in [1.82, 2.24) is 5.32 Å². The predicted molar refractivity (Wildman–Crippen MR) is 98.7 cm³/mol. The normalized spacial score (nSPS) is 11.9. The minimum absolute atomic E-state index is 0.0359. The van der Waals surface area contributed by atoms with Crippen LogP contribution in [-0.2, 0) is 11.2 Å². The van der Waals surface area contributed by atoms with Crippen molar-refractivity contribution in [3.05, 3.63) is 60.2 Å². The Labute approximate surface area is 152 Å². The summed E-state index contributed by atoms with van der Waals surface area (Å²) in [7, 11) is 2.00. The number of alkyl halides is 2. The van der Waals surface area contributed by atoms with Crippen LogP contribution in [0.2, 0.25) is 0 Å². The van der Waals surface area contributed by atoms with E-state index >= 15 is 0 Å². The molecule has 6 heteroatoms. The van der Waals surface area contributed by atoms with Crippen LogP contribution in [0.4, 0.5) is 14.5 Å². The summed E-state index contributed by atoms with van der Waals surface area (Å²) in [6.45, 7) is -0.233. The van der Waals surface area contributed by atoms with E-state index in [1.54, 1.807) is 12.1 Å². The number of aryl methyl sites for hydroxylation is 1. The van der Waals surface area contributed by atoms with E-state index in [-0.39, 0.29) is 17.7 Å². The largest absolute Gasteiger partial charge is 0.435 e. The summed E-state index contributed by atoms with van der Waals surface area (Å²) in [6, 6.07) is 16.5. The molecule has 1 atom stereocenters. The summed E-state index contributed by atoms with van der Waals surface area (Å²) < 4.78 is 28.5. The van der Waals surface area contributed by atoms with E-state index in [4.69, 9.17) is 0 Å². The summed E-state index contributed by atoms with van der Waals surface area (Å²) >= 11 is 0. The van der Waals surface area contributed by atoms with Crippen LogP contribution in [0.3, 0.4) is 0 Å². The van der Waals surface area contributed by atoms with Gasteiger partial charge in [0.05, 0.1) is 0 Å². The van der Waals surface area contributed by atoms with E-state index in [0.717, 1.165) is 11.3 Å². The van der Waals surface area contributed by atoms with E-state index in [9.17, 15) is 13.6 Å². The molecule has 2 rings (SSSR count). The van der Waals surface area contributed by atoms with Gasteiger partial charge in [-0.1, -0.05) is 30.3 Å². The number of carbonyl (C=O) groups excluding carboxylic acids is 1. The maximum absolute atomic E-state index is 12.1. The third-order valence-electron chi connectivity index (χ3n) is 4.21. The van der Waals surface area contributed by atoms with Crippen molar-refractivity contribution in [1.29, 1.82) is 0 Å². The molecule has 0 spiro atoms. The van der Waals surface area contributed by atoms with E-state index < -0.39 is 6.61 Å². The molecule has 0 fully saturated rings. The Morgan fingerprint density at radius 2 is 1.77 bits per heavy atom. The second-order valence-corrected chi connectivity index (χ2v) is 6.12. The number of nitrogens with zero attached hydrogens (tertiary/aromatic N) is 1. The number of para-hydroxylation sites is 1. The number of carbonyl (C=O) groups is 1. The van der Waals surface area contributed by atoms with Gasteiger partial charge in [-0.25, -0.2) is 0 Å². The highest BCUT2D eigenvalue weighted by atomic mass is 19.3. The molecule has 0 aliphatic rings. The highest BCUT2D eigenvalue weighted by Gasteiger charge is 2.11. The van der Waals surface area contributed by atoms with Crippen molar-refractivity contribution < 1.29 is 18.3 Å². The lowest BCUT2D eigenvalue weighted by molar-refractivity contribution is -0.121. The van der Waals surface area contributed by atoms with Crippen LogP contribution in [0, 0.1) is 0 Å². The zero-order valence-electron chi connectivity index (χ0n) is 15.0. The number of ether oxygens (including phenoxy) is 1. The topological polar surface area (TPSA) is 41.6 Å². The zero-order chi connectivity index (χ0) is 18.9.